The van der Waals surface area contributed by atoms with Crippen LogP contribution in [0, 0.1) is 0 Å². The van der Waals surface area contributed by atoms with Crippen molar-refractivity contribution in [2.45, 2.75) is 6.54 Å². The molecule has 14 heavy (non-hydrogen) atoms. The second-order valence-electron chi connectivity index (χ2n) is 2.53. The molecule has 0 radical (unpaired) electrons. The number of rotatable bonds is 3. The van der Waals surface area contributed by atoms with E-state index in [0.717, 1.165) is 0 Å². The molecule has 0 atom stereocenters. The van der Waals surface area contributed by atoms with Crippen molar-refractivity contribution in [2.24, 2.45) is 12.0 Å². The molecule has 0 amide bonds. The lowest BCUT2D eigenvalue weighted by Gasteiger charge is -2.00. The van der Waals surface area contributed by atoms with Crippen molar-refractivity contribution < 1.29 is 14.3 Å². The van der Waals surface area contributed by atoms with Crippen LogP contribution in [0.25, 0.3) is 0 Å². The number of methoxy groups -OCH3 is 1. The van der Waals surface area contributed by atoms with Crippen LogP contribution in [0.5, 0.6) is 0 Å². The number of aliphatic imine (C=N–C) groups is 1. The standard InChI is InChI=1S/C8H9N3O3/c1-11-7(4-9-5-12)6(3-10-11)8(13)14-2/h3H,4H2,1-2H3. The summed E-state index contributed by atoms with van der Waals surface area (Å²) in [4.78, 5) is 24.5. The van der Waals surface area contributed by atoms with Crippen LogP contribution in [0.2, 0.25) is 0 Å². The van der Waals surface area contributed by atoms with Crippen LogP contribution >= 0.6 is 0 Å². The minimum Gasteiger partial charge on any atom is -0.465 e. The Balaban J connectivity index is 3.05. The highest BCUT2D eigenvalue weighted by molar-refractivity contribution is 5.90. The molecule has 0 aromatic carbocycles. The van der Waals surface area contributed by atoms with Crippen LogP contribution in [0.15, 0.2) is 11.2 Å². The first-order chi connectivity index (χ1) is 6.70. The van der Waals surface area contributed by atoms with Crippen LogP contribution in [-0.4, -0.2) is 28.9 Å². The molecule has 0 N–H and O–H groups in total. The first-order valence-corrected chi connectivity index (χ1v) is 3.83. The number of isocyanates is 1. The third-order valence-corrected chi connectivity index (χ3v) is 1.76. The summed E-state index contributed by atoms with van der Waals surface area (Å²) in [6, 6.07) is 0. The van der Waals surface area contributed by atoms with Gasteiger partial charge in [-0.1, -0.05) is 0 Å². The first-order valence-electron chi connectivity index (χ1n) is 3.83. The Morgan fingerprint density at radius 3 is 3.07 bits per heavy atom. The van der Waals surface area contributed by atoms with Crippen LogP contribution in [0.3, 0.4) is 0 Å². The van der Waals surface area contributed by atoms with E-state index in [1.807, 2.05) is 0 Å². The molecular weight excluding hydrogens is 186 g/mol. The van der Waals surface area contributed by atoms with Gasteiger partial charge in [-0.2, -0.15) is 10.1 Å². The zero-order valence-corrected chi connectivity index (χ0v) is 7.85. The number of ether oxygens (including phenoxy) is 1. The van der Waals surface area contributed by atoms with Gasteiger partial charge in [-0.25, -0.2) is 9.59 Å². The first kappa shape index (κ1) is 10.1. The number of esters is 1. The molecule has 0 fully saturated rings. The van der Waals surface area contributed by atoms with E-state index in [0.29, 0.717) is 11.3 Å². The van der Waals surface area contributed by atoms with E-state index >= 15 is 0 Å². The predicted molar refractivity (Wildman–Crippen MR) is 46.4 cm³/mol. The second kappa shape index (κ2) is 4.34. The fourth-order valence-corrected chi connectivity index (χ4v) is 1.04. The Morgan fingerprint density at radius 1 is 1.79 bits per heavy atom. The number of aromatic nitrogens is 2. The summed E-state index contributed by atoms with van der Waals surface area (Å²) >= 11 is 0. The van der Waals surface area contributed by atoms with Gasteiger partial charge in [0, 0.05) is 7.05 Å². The fraction of sp³-hybridized carbons (Fsp3) is 0.375. The zero-order valence-electron chi connectivity index (χ0n) is 7.85. The van der Waals surface area contributed by atoms with Gasteiger partial charge in [0.2, 0.25) is 6.08 Å². The zero-order chi connectivity index (χ0) is 10.6. The molecule has 0 spiro atoms. The van der Waals surface area contributed by atoms with E-state index in [1.165, 1.54) is 24.1 Å². The Labute approximate surface area is 80.2 Å². The SMILES string of the molecule is COC(=O)c1cnn(C)c1CN=C=O. The van der Waals surface area contributed by atoms with E-state index in [2.05, 4.69) is 14.8 Å². The molecule has 0 saturated carbocycles. The van der Waals surface area contributed by atoms with E-state index < -0.39 is 5.97 Å². The minimum absolute atomic E-state index is 0.0738. The molecule has 1 rings (SSSR count). The van der Waals surface area contributed by atoms with Gasteiger partial charge in [0.1, 0.15) is 5.56 Å². The van der Waals surface area contributed by atoms with Gasteiger partial charge in [0.05, 0.1) is 25.5 Å². The van der Waals surface area contributed by atoms with Crippen LogP contribution < -0.4 is 0 Å². The average Bonchev–Trinajstić information content (AvgIpc) is 2.56. The summed E-state index contributed by atoms with van der Waals surface area (Å²) < 4.78 is 6.00. The molecule has 0 saturated heterocycles. The van der Waals surface area contributed by atoms with E-state index in [1.54, 1.807) is 7.05 Å². The highest BCUT2D eigenvalue weighted by atomic mass is 16.5. The minimum atomic E-state index is -0.491. The lowest BCUT2D eigenvalue weighted by atomic mass is 10.2. The van der Waals surface area contributed by atoms with Gasteiger partial charge >= 0.3 is 5.97 Å². The summed E-state index contributed by atoms with van der Waals surface area (Å²) in [5, 5.41) is 3.86. The van der Waals surface area contributed by atoms with Crippen molar-refractivity contribution in [1.29, 1.82) is 0 Å². The lowest BCUT2D eigenvalue weighted by Crippen LogP contribution is -2.06. The van der Waals surface area contributed by atoms with Crippen LogP contribution in [0.1, 0.15) is 16.1 Å². The third kappa shape index (κ3) is 1.86. The van der Waals surface area contributed by atoms with Gasteiger partial charge in [-0.3, -0.25) is 4.68 Å². The summed E-state index contributed by atoms with van der Waals surface area (Å²) in [5.74, 6) is -0.491. The fourth-order valence-electron chi connectivity index (χ4n) is 1.04. The smallest absolute Gasteiger partial charge is 0.341 e. The Bertz CT molecular complexity index is 391. The van der Waals surface area contributed by atoms with Crippen molar-refractivity contribution in [2.75, 3.05) is 7.11 Å². The molecule has 0 aliphatic rings. The molecule has 1 aromatic rings. The summed E-state index contributed by atoms with van der Waals surface area (Å²) in [6.45, 7) is 0.0738. The number of carbonyl (C=O) groups excluding carboxylic acids is 2. The van der Waals surface area contributed by atoms with E-state index in [-0.39, 0.29) is 6.54 Å². The van der Waals surface area contributed by atoms with Crippen molar-refractivity contribution in [1.82, 2.24) is 9.78 Å². The van der Waals surface area contributed by atoms with Gasteiger partial charge in [0.15, 0.2) is 0 Å². The number of hydrogen-bond acceptors (Lipinski definition) is 5. The van der Waals surface area contributed by atoms with Crippen molar-refractivity contribution >= 4 is 12.0 Å². The number of carbonyl (C=O) groups is 1. The van der Waals surface area contributed by atoms with Crippen molar-refractivity contribution in [3.05, 3.63) is 17.5 Å². The van der Waals surface area contributed by atoms with Gasteiger partial charge in [-0.15, -0.1) is 0 Å². The highest BCUT2D eigenvalue weighted by Crippen LogP contribution is 2.09. The average molecular weight is 195 g/mol. The van der Waals surface area contributed by atoms with Gasteiger partial charge in [0.25, 0.3) is 0 Å². The summed E-state index contributed by atoms with van der Waals surface area (Å²) in [6.07, 6.45) is 2.78. The Hall–Kier alpha value is -1.94. The van der Waals surface area contributed by atoms with Crippen LogP contribution in [-0.2, 0) is 23.1 Å². The molecule has 1 aromatic heterocycles. The molecule has 6 nitrogen and oxygen atoms in total. The summed E-state index contributed by atoms with van der Waals surface area (Å²) in [5.41, 5.74) is 0.842. The Morgan fingerprint density at radius 2 is 2.50 bits per heavy atom. The maximum atomic E-state index is 11.2. The molecule has 0 aliphatic heterocycles. The van der Waals surface area contributed by atoms with E-state index in [9.17, 15) is 9.59 Å². The molecule has 74 valence electrons. The second-order valence-corrected chi connectivity index (χ2v) is 2.53. The van der Waals surface area contributed by atoms with Gasteiger partial charge in [-0.05, 0) is 0 Å². The molecule has 0 bridgehead atoms. The number of aryl methyl sites for hydroxylation is 1. The Kier molecular flexibility index (Phi) is 3.14. The van der Waals surface area contributed by atoms with Crippen LogP contribution in [0.4, 0.5) is 0 Å². The molecule has 1 heterocycles. The monoisotopic (exact) mass is 195 g/mol. The van der Waals surface area contributed by atoms with Gasteiger partial charge < -0.3 is 4.74 Å². The molecular formula is C8H9N3O3. The maximum absolute atomic E-state index is 11.2. The summed E-state index contributed by atoms with van der Waals surface area (Å²) in [7, 11) is 2.93. The van der Waals surface area contributed by atoms with Crippen molar-refractivity contribution in [3.63, 3.8) is 0 Å². The molecule has 0 aliphatic carbocycles. The van der Waals surface area contributed by atoms with E-state index in [4.69, 9.17) is 0 Å². The molecule has 0 unspecified atom stereocenters. The highest BCUT2D eigenvalue weighted by Gasteiger charge is 2.15. The topological polar surface area (TPSA) is 73.5 Å². The molecule has 6 heteroatoms. The largest absolute Gasteiger partial charge is 0.465 e. The maximum Gasteiger partial charge on any atom is 0.341 e. The lowest BCUT2D eigenvalue weighted by molar-refractivity contribution is 0.0599. The predicted octanol–water partition coefficient (Wildman–Crippen LogP) is 0.0425. The number of hydrogen-bond donors (Lipinski definition) is 0. The number of nitrogens with zero attached hydrogens (tertiary/aromatic N) is 3. The normalized spacial score (nSPS) is 9.29. The third-order valence-electron chi connectivity index (χ3n) is 1.76. The quantitative estimate of drug-likeness (QED) is 0.388. The van der Waals surface area contributed by atoms with Crippen molar-refractivity contribution in [3.8, 4) is 0 Å².